The van der Waals surface area contributed by atoms with Crippen LogP contribution in [0, 0.1) is 52.8 Å². The molecule has 10 aliphatic rings. The minimum atomic E-state index is 0.0591. The van der Waals surface area contributed by atoms with Crippen molar-refractivity contribution in [2.75, 3.05) is 9.80 Å². The number of benzene rings is 14. The van der Waals surface area contributed by atoms with Crippen LogP contribution in [0.3, 0.4) is 0 Å². The zero-order valence-corrected chi connectivity index (χ0v) is 61.0. The van der Waals surface area contributed by atoms with Gasteiger partial charge in [-0.15, -0.1) is 0 Å². The maximum Gasteiger partial charge on any atom is 0.143 e. The number of anilines is 6. The summed E-state index contributed by atoms with van der Waals surface area (Å²) in [5, 5.41) is 4.69. The molecular formula is C105H81N3O. The lowest BCUT2D eigenvalue weighted by Crippen LogP contribution is -2.55. The van der Waals surface area contributed by atoms with Crippen LogP contribution in [0.1, 0.15) is 86.5 Å². The Bertz CT molecular complexity index is 6410. The van der Waals surface area contributed by atoms with Crippen molar-refractivity contribution in [1.82, 2.24) is 4.57 Å². The Labute approximate surface area is 636 Å². The van der Waals surface area contributed by atoms with E-state index in [4.69, 9.17) is 4.42 Å². The Kier molecular flexibility index (Phi) is 12.8. The summed E-state index contributed by atoms with van der Waals surface area (Å²) in [5.41, 5.74) is 34.5. The predicted octanol–water partition coefficient (Wildman–Crippen LogP) is 27.7. The Morgan fingerprint density at radius 3 is 1.38 bits per heavy atom. The van der Waals surface area contributed by atoms with Gasteiger partial charge < -0.3 is 18.8 Å². The molecule has 8 saturated carbocycles. The lowest BCUT2D eigenvalue weighted by molar-refractivity contribution is -0.0399. The van der Waals surface area contributed by atoms with Crippen molar-refractivity contribution in [3.63, 3.8) is 0 Å². The third-order valence-corrected chi connectivity index (χ3v) is 29.7. The normalized spacial score (nSPS) is 25.0. The maximum absolute atomic E-state index is 7.12. The smallest absolute Gasteiger partial charge is 0.143 e. The lowest BCUT2D eigenvalue weighted by Gasteiger charge is -2.61. The average Bonchev–Trinajstić information content (AvgIpc) is 1.47. The van der Waals surface area contributed by atoms with Crippen LogP contribution in [-0.2, 0) is 10.8 Å². The molecule has 2 aromatic heterocycles. The average molecular weight is 1400 g/mol. The van der Waals surface area contributed by atoms with E-state index in [1.54, 1.807) is 22.3 Å². The van der Waals surface area contributed by atoms with Gasteiger partial charge in [0.25, 0.3) is 0 Å². The van der Waals surface area contributed by atoms with Crippen LogP contribution in [-0.4, -0.2) is 4.57 Å². The van der Waals surface area contributed by atoms with Gasteiger partial charge in [0.2, 0.25) is 0 Å². The van der Waals surface area contributed by atoms with Gasteiger partial charge in [0.05, 0.1) is 11.0 Å². The van der Waals surface area contributed by atoms with Crippen molar-refractivity contribution in [2.45, 2.75) is 75.0 Å². The number of hydrogen-bond acceptors (Lipinski definition) is 3. The summed E-state index contributed by atoms with van der Waals surface area (Å²) in [6.07, 6.45) is 14.0. The molecule has 0 saturated heterocycles. The summed E-state index contributed by atoms with van der Waals surface area (Å²) in [6, 6.07) is 122. The fourth-order valence-corrected chi connectivity index (χ4v) is 25.9. The highest BCUT2D eigenvalue weighted by atomic mass is 16.3. The van der Waals surface area contributed by atoms with Crippen LogP contribution in [0.15, 0.2) is 326 Å². The molecule has 109 heavy (non-hydrogen) atoms. The third-order valence-electron chi connectivity index (χ3n) is 29.7. The van der Waals surface area contributed by atoms with Crippen molar-refractivity contribution in [3.8, 4) is 72.4 Å². The Hall–Kier alpha value is -11.7. The first-order valence-corrected chi connectivity index (χ1v) is 40.5. The molecular weight excluding hydrogens is 1320 g/mol. The van der Waals surface area contributed by atoms with Crippen molar-refractivity contribution in [1.29, 1.82) is 0 Å². The standard InChI is InChI=1S/C105H81N3O/c1-3-15-67(16-4-1)69-27-34-77(35-28-69)106(82-44-46-88-86-19-7-11-23-93(86)104(95(88)60-82)74-52-64-51-65(54-74)55-75(104)53-64)79-38-31-71(32-39-79)85-49-48-84(101-91-22-10-14-26-99(91)109-102(85)101)72-33-50-98-92(58-72)90-21-9-13-25-97(90)108(98)81-42-40-80(41-43-81)107(78-36-29-70(30-37-78)68-17-5-2-6-18-68)83-45-47-89-87-20-8-12-24-94(87)105(96(89)61-83)76-57-66-56-73-59-100(105)103(73,62-66)63-76/h1-50,58,60-61,64-66,73-76,100H,51-57,59,62-63H2. The van der Waals surface area contributed by atoms with Crippen molar-refractivity contribution >= 4 is 77.9 Å². The number of hydrogen-bond donors (Lipinski definition) is 0. The molecule has 8 fully saturated rings. The summed E-state index contributed by atoms with van der Waals surface area (Å²) < 4.78 is 9.60. The van der Waals surface area contributed by atoms with E-state index < -0.39 is 0 Å². The second-order valence-electron chi connectivity index (χ2n) is 34.4. The summed E-state index contributed by atoms with van der Waals surface area (Å²) in [5.74, 6) is 6.34. The SMILES string of the molecule is c1ccc(-c2ccc(N(c3ccc(-c4ccc(-c5ccc6c(c5)c5ccccc5n6-c5ccc(N(c6ccc(-c7ccccc7)cc6)c6ccc7c(c6)C6(c8ccccc8-7)C7CC8CC9CC6C9(C8)C7)cc5)c5c4oc4ccccc45)cc3)c3ccc4c(c3)C3(c5ccccc5-4)C4CC5CC(C4)CC3C5)cc2)cc1. The first-order valence-electron chi connectivity index (χ1n) is 40.5. The van der Waals surface area contributed by atoms with Gasteiger partial charge in [-0.2, -0.15) is 0 Å². The van der Waals surface area contributed by atoms with Gasteiger partial charge in [0, 0.05) is 77.8 Å². The third kappa shape index (κ3) is 8.45. The highest BCUT2D eigenvalue weighted by Crippen LogP contribution is 2.83. The van der Waals surface area contributed by atoms with Crippen molar-refractivity contribution in [2.24, 2.45) is 52.8 Å². The largest absolute Gasteiger partial charge is 0.455 e. The van der Waals surface area contributed by atoms with E-state index in [1.807, 2.05) is 0 Å². The second kappa shape index (κ2) is 22.7. The van der Waals surface area contributed by atoms with Gasteiger partial charge in [-0.1, -0.05) is 206 Å². The van der Waals surface area contributed by atoms with Gasteiger partial charge >= 0.3 is 0 Å². The molecule has 3 spiro atoms. The molecule has 10 aliphatic carbocycles. The quantitative estimate of drug-likeness (QED) is 0.129. The first kappa shape index (κ1) is 61.3. The Morgan fingerprint density at radius 1 is 0.284 bits per heavy atom. The van der Waals surface area contributed by atoms with E-state index in [0.717, 1.165) is 102 Å². The molecule has 6 unspecified atom stereocenters. The lowest BCUT2D eigenvalue weighted by atomic mass is 9.43. The highest BCUT2D eigenvalue weighted by Gasteiger charge is 2.77. The fourth-order valence-electron chi connectivity index (χ4n) is 25.9. The molecule has 0 amide bonds. The van der Waals surface area contributed by atoms with Gasteiger partial charge in [0.15, 0.2) is 0 Å². The van der Waals surface area contributed by atoms with Crippen LogP contribution in [0.4, 0.5) is 34.1 Å². The first-order chi connectivity index (χ1) is 53.9. The Morgan fingerprint density at radius 2 is 0.743 bits per heavy atom. The molecule has 4 heteroatoms. The molecule has 0 radical (unpaired) electrons. The van der Waals surface area contributed by atoms with E-state index in [-0.39, 0.29) is 10.8 Å². The zero-order chi connectivity index (χ0) is 71.0. The Balaban J connectivity index is 0.580. The number of aromatic nitrogens is 1. The summed E-state index contributed by atoms with van der Waals surface area (Å²) in [7, 11) is 0. The van der Waals surface area contributed by atoms with Crippen molar-refractivity contribution < 1.29 is 4.42 Å². The van der Waals surface area contributed by atoms with E-state index in [9.17, 15) is 0 Å². The van der Waals surface area contributed by atoms with Crippen LogP contribution < -0.4 is 9.80 Å². The highest BCUT2D eigenvalue weighted by molar-refractivity contribution is 6.18. The minimum Gasteiger partial charge on any atom is -0.455 e. The van der Waals surface area contributed by atoms with Crippen LogP contribution in [0.25, 0.3) is 116 Å². The van der Waals surface area contributed by atoms with E-state index >= 15 is 0 Å². The minimum absolute atomic E-state index is 0.0591. The van der Waals surface area contributed by atoms with Crippen LogP contribution in [0.2, 0.25) is 0 Å². The molecule has 4 nitrogen and oxygen atoms in total. The van der Waals surface area contributed by atoms with Gasteiger partial charge in [0.1, 0.15) is 11.2 Å². The topological polar surface area (TPSA) is 24.6 Å². The second-order valence-corrected chi connectivity index (χ2v) is 34.4. The number of furan rings is 1. The molecule has 0 N–H and O–H groups in total. The number of rotatable bonds is 11. The van der Waals surface area contributed by atoms with E-state index in [2.05, 4.69) is 336 Å². The zero-order valence-electron chi connectivity index (χ0n) is 61.0. The monoisotopic (exact) mass is 1400 g/mol. The van der Waals surface area contributed by atoms with Gasteiger partial charge in [-0.25, -0.2) is 0 Å². The van der Waals surface area contributed by atoms with Gasteiger partial charge in [-0.05, 0) is 316 Å². The molecule has 16 aromatic rings. The van der Waals surface area contributed by atoms with E-state index in [0.29, 0.717) is 23.2 Å². The molecule has 2 heterocycles. The number of para-hydroxylation sites is 2. The predicted molar refractivity (Wildman–Crippen MR) is 448 cm³/mol. The van der Waals surface area contributed by atoms with E-state index in [1.165, 1.54) is 142 Å². The molecule has 14 aromatic carbocycles. The molecule has 26 rings (SSSR count). The number of fused-ring (bicyclic) bond motifs is 18. The molecule has 6 atom stereocenters. The molecule has 522 valence electrons. The van der Waals surface area contributed by atoms with Crippen LogP contribution >= 0.6 is 0 Å². The summed E-state index contributed by atoms with van der Waals surface area (Å²) in [6.45, 7) is 0. The number of nitrogens with zero attached hydrogens (tertiary/aromatic N) is 3. The molecule has 7 bridgehead atoms. The maximum atomic E-state index is 7.12. The summed E-state index contributed by atoms with van der Waals surface area (Å²) >= 11 is 0. The van der Waals surface area contributed by atoms with Crippen molar-refractivity contribution in [3.05, 3.63) is 344 Å². The summed E-state index contributed by atoms with van der Waals surface area (Å²) in [4.78, 5) is 5.05. The van der Waals surface area contributed by atoms with Gasteiger partial charge in [-0.3, -0.25) is 0 Å². The van der Waals surface area contributed by atoms with Crippen LogP contribution in [0.5, 0.6) is 0 Å². The fraction of sp³-hybridized carbons (Fsp3) is 0.200. The molecule has 0 aliphatic heterocycles.